The molecule has 37 heavy (non-hydrogen) atoms. The molecule has 0 aromatic heterocycles. The third-order valence-electron chi connectivity index (χ3n) is 6.13. The molecule has 2 fully saturated rings. The Kier molecular flexibility index (Phi) is 8.39. The van der Waals surface area contributed by atoms with Gasteiger partial charge in [0.05, 0.1) is 25.4 Å². The van der Waals surface area contributed by atoms with Crippen LogP contribution in [0.2, 0.25) is 0 Å². The predicted octanol–water partition coefficient (Wildman–Crippen LogP) is 3.84. The van der Waals surface area contributed by atoms with Crippen molar-refractivity contribution in [3.8, 4) is 0 Å². The summed E-state index contributed by atoms with van der Waals surface area (Å²) in [5, 5.41) is 1.46. The van der Waals surface area contributed by atoms with Crippen LogP contribution < -0.4 is 9.80 Å². The molecule has 0 N–H and O–H groups in total. The summed E-state index contributed by atoms with van der Waals surface area (Å²) in [5.74, 6) is -3.23. The maximum Gasteiger partial charge on any atom is 0.414 e. The van der Waals surface area contributed by atoms with Crippen molar-refractivity contribution >= 4 is 29.0 Å². The van der Waals surface area contributed by atoms with Crippen molar-refractivity contribution in [3.05, 3.63) is 59.7 Å². The molecule has 0 saturated carbocycles. The van der Waals surface area contributed by atoms with Crippen molar-refractivity contribution in [2.75, 3.05) is 49.1 Å². The van der Waals surface area contributed by atoms with Crippen LogP contribution in [-0.2, 0) is 14.4 Å². The summed E-state index contributed by atoms with van der Waals surface area (Å²) < 4.78 is 60.0. The largest absolute Gasteiger partial charge is 0.444 e. The highest BCUT2D eigenvalue weighted by Gasteiger charge is 2.34. The van der Waals surface area contributed by atoms with E-state index in [1.165, 1.54) is 9.96 Å². The fourth-order valence-corrected chi connectivity index (χ4v) is 4.22. The molecule has 0 spiro atoms. The highest BCUT2D eigenvalue weighted by atomic mass is 19.3. The van der Waals surface area contributed by atoms with Crippen molar-refractivity contribution in [1.82, 2.24) is 5.06 Å². The van der Waals surface area contributed by atoms with Crippen LogP contribution >= 0.6 is 0 Å². The zero-order valence-electron chi connectivity index (χ0n) is 19.7. The summed E-state index contributed by atoms with van der Waals surface area (Å²) in [4.78, 5) is 43.9. The van der Waals surface area contributed by atoms with Gasteiger partial charge in [0.25, 0.3) is 6.43 Å². The van der Waals surface area contributed by atoms with Crippen LogP contribution in [-0.4, -0.2) is 74.6 Å². The second-order valence-corrected chi connectivity index (χ2v) is 8.65. The number of carbonyl (C=O) groups is 3. The minimum atomic E-state index is -3.11. The second-order valence-electron chi connectivity index (χ2n) is 8.65. The van der Waals surface area contributed by atoms with Gasteiger partial charge in [-0.3, -0.25) is 19.3 Å². The number of carbonyl (C=O) groups excluding carboxylic acids is 3. The minimum absolute atomic E-state index is 0.0110. The van der Waals surface area contributed by atoms with Gasteiger partial charge < -0.3 is 9.64 Å². The van der Waals surface area contributed by atoms with E-state index >= 15 is 8.78 Å². The molecule has 2 aliphatic rings. The fourth-order valence-electron chi connectivity index (χ4n) is 4.22. The summed E-state index contributed by atoms with van der Waals surface area (Å²) in [6.45, 7) is 0.520. The van der Waals surface area contributed by atoms with Gasteiger partial charge in [-0.25, -0.2) is 22.4 Å². The molecule has 2 heterocycles. The number of hydroxylamine groups is 2. The smallest absolute Gasteiger partial charge is 0.414 e. The second kappa shape index (κ2) is 11.7. The molecule has 1 atom stereocenters. The molecule has 0 unspecified atom stereocenters. The number of anilines is 2. The SMILES string of the molecule is O=C(CN1CCN(c2c(F)cc(N3C[C@H](CCC(=O)C(F)F)OC3=O)cc2F)CCO1)c1ccccc1. The Balaban J connectivity index is 1.39. The predicted molar refractivity (Wildman–Crippen MR) is 125 cm³/mol. The third kappa shape index (κ3) is 6.44. The van der Waals surface area contributed by atoms with Gasteiger partial charge in [-0.2, -0.15) is 5.06 Å². The Morgan fingerprint density at radius 1 is 1.03 bits per heavy atom. The number of cyclic esters (lactones) is 1. The fraction of sp³-hybridized carbons (Fsp3) is 0.400. The molecule has 8 nitrogen and oxygen atoms in total. The standard InChI is InChI=1S/C25H25F4N3O5/c26-19-12-17(32-14-18(37-25(32)35)6-7-21(33)24(28)29)13-20(27)23(19)30-8-9-31(36-11-10-30)15-22(34)16-4-2-1-3-5-16/h1-5,12-13,18,24H,6-11,14-15H2/t18-/m0/s1. The summed E-state index contributed by atoms with van der Waals surface area (Å²) in [6.07, 6.45) is -5.44. The first kappa shape index (κ1) is 26.6. The number of Topliss-reactive ketones (excluding diaryl/α,β-unsaturated/α-hetero) is 2. The number of nitrogens with zero attached hydrogens (tertiary/aromatic N) is 3. The first-order valence-electron chi connectivity index (χ1n) is 11.7. The summed E-state index contributed by atoms with van der Waals surface area (Å²) in [5.41, 5.74) is 0.144. The van der Waals surface area contributed by atoms with Crippen LogP contribution in [0.5, 0.6) is 0 Å². The topological polar surface area (TPSA) is 79.4 Å². The first-order chi connectivity index (χ1) is 17.7. The number of rotatable bonds is 9. The molecular weight excluding hydrogens is 498 g/mol. The van der Waals surface area contributed by atoms with Crippen LogP contribution in [0.25, 0.3) is 0 Å². The lowest BCUT2D eigenvalue weighted by atomic mass is 10.1. The third-order valence-corrected chi connectivity index (χ3v) is 6.13. The van der Waals surface area contributed by atoms with E-state index in [-0.39, 0.29) is 62.9 Å². The quantitative estimate of drug-likeness (QED) is 0.365. The molecule has 0 radical (unpaired) electrons. The number of ketones is 2. The molecule has 2 aliphatic heterocycles. The van der Waals surface area contributed by atoms with Gasteiger partial charge in [0, 0.05) is 43.8 Å². The monoisotopic (exact) mass is 523 g/mol. The van der Waals surface area contributed by atoms with Gasteiger partial charge in [-0.05, 0) is 6.42 Å². The normalized spacial score (nSPS) is 18.7. The zero-order chi connectivity index (χ0) is 26.5. The average molecular weight is 523 g/mol. The molecule has 2 aromatic rings. The van der Waals surface area contributed by atoms with Crippen LogP contribution in [0.4, 0.5) is 33.7 Å². The molecule has 198 valence electrons. The van der Waals surface area contributed by atoms with Crippen molar-refractivity contribution in [2.24, 2.45) is 0 Å². The number of amides is 1. The summed E-state index contributed by atoms with van der Waals surface area (Å²) >= 11 is 0. The molecule has 12 heteroatoms. The Hall–Kier alpha value is -3.51. The average Bonchev–Trinajstić information content (AvgIpc) is 3.10. The van der Waals surface area contributed by atoms with E-state index in [9.17, 15) is 23.2 Å². The Bertz CT molecular complexity index is 1130. The summed E-state index contributed by atoms with van der Waals surface area (Å²) in [6, 6.07) is 10.7. The van der Waals surface area contributed by atoms with Crippen molar-refractivity contribution in [2.45, 2.75) is 25.4 Å². The number of ether oxygens (including phenoxy) is 1. The van der Waals surface area contributed by atoms with E-state index in [0.717, 1.165) is 17.0 Å². The van der Waals surface area contributed by atoms with Crippen LogP contribution in [0, 0.1) is 11.6 Å². The Morgan fingerprint density at radius 2 is 1.73 bits per heavy atom. The van der Waals surface area contributed by atoms with E-state index in [4.69, 9.17) is 9.57 Å². The lowest BCUT2D eigenvalue weighted by Gasteiger charge is -2.24. The molecule has 4 rings (SSSR count). The number of alkyl halides is 2. The van der Waals surface area contributed by atoms with E-state index in [2.05, 4.69) is 0 Å². The van der Waals surface area contributed by atoms with Gasteiger partial charge in [0.2, 0.25) is 0 Å². The lowest BCUT2D eigenvalue weighted by Crippen LogP contribution is -2.34. The first-order valence-corrected chi connectivity index (χ1v) is 11.7. The Labute approximate surface area is 210 Å². The Morgan fingerprint density at radius 3 is 2.41 bits per heavy atom. The van der Waals surface area contributed by atoms with Crippen LogP contribution in [0.1, 0.15) is 23.2 Å². The maximum atomic E-state index is 15.1. The van der Waals surface area contributed by atoms with Crippen LogP contribution in [0.15, 0.2) is 42.5 Å². The van der Waals surface area contributed by atoms with Crippen molar-refractivity contribution in [3.63, 3.8) is 0 Å². The van der Waals surface area contributed by atoms with Gasteiger partial charge in [-0.15, -0.1) is 0 Å². The summed E-state index contributed by atoms with van der Waals surface area (Å²) in [7, 11) is 0. The van der Waals surface area contributed by atoms with Gasteiger partial charge >= 0.3 is 6.09 Å². The van der Waals surface area contributed by atoms with Gasteiger partial charge in [0.15, 0.2) is 23.2 Å². The van der Waals surface area contributed by atoms with E-state index in [1.807, 2.05) is 0 Å². The van der Waals surface area contributed by atoms with Crippen LogP contribution in [0.3, 0.4) is 0 Å². The number of halogens is 4. The van der Waals surface area contributed by atoms with E-state index in [0.29, 0.717) is 5.56 Å². The van der Waals surface area contributed by atoms with E-state index < -0.39 is 42.5 Å². The van der Waals surface area contributed by atoms with Crippen molar-refractivity contribution in [1.29, 1.82) is 0 Å². The number of benzene rings is 2. The maximum absolute atomic E-state index is 15.1. The van der Waals surface area contributed by atoms with Gasteiger partial charge in [0.1, 0.15) is 11.8 Å². The highest BCUT2D eigenvalue weighted by molar-refractivity contribution is 5.97. The van der Waals surface area contributed by atoms with Crippen molar-refractivity contribution < 1.29 is 41.5 Å². The number of hydrogen-bond donors (Lipinski definition) is 0. The number of hydrogen-bond acceptors (Lipinski definition) is 7. The van der Waals surface area contributed by atoms with E-state index in [1.54, 1.807) is 30.3 Å². The molecule has 1 amide bonds. The molecule has 2 aromatic carbocycles. The minimum Gasteiger partial charge on any atom is -0.444 e. The van der Waals surface area contributed by atoms with Gasteiger partial charge in [-0.1, -0.05) is 30.3 Å². The highest BCUT2D eigenvalue weighted by Crippen LogP contribution is 2.32. The molecule has 0 bridgehead atoms. The lowest BCUT2D eigenvalue weighted by molar-refractivity contribution is -0.139. The zero-order valence-corrected chi connectivity index (χ0v) is 19.7. The molecule has 0 aliphatic carbocycles. The molecule has 2 saturated heterocycles. The molecular formula is C25H25F4N3O5.